The van der Waals surface area contributed by atoms with Gasteiger partial charge in [-0.25, -0.2) is 0 Å². The number of nitrogens with one attached hydrogen (secondary N) is 2. The Hall–Kier alpha value is -4.37. The lowest BCUT2D eigenvalue weighted by Gasteiger charge is -2.36. The van der Waals surface area contributed by atoms with E-state index in [2.05, 4.69) is 41.3 Å². The maximum Gasteiger partial charge on any atom is 0.253 e. The third kappa shape index (κ3) is 18.5. The molecule has 2 aliphatic rings. The largest absolute Gasteiger partial charge is 0.379 e. The molecule has 1 aromatic carbocycles. The number of aromatic nitrogens is 1. The molecule has 60 heavy (non-hydrogen) atoms. The Morgan fingerprint density at radius 1 is 0.783 bits per heavy atom. The highest BCUT2D eigenvalue weighted by atomic mass is 16.6. The summed E-state index contributed by atoms with van der Waals surface area (Å²) in [6.07, 6.45) is 12.5. The SMILES string of the molecule is C[C@H](NC(=O)CCOCCOCCOCCOCCC(=O)N1CCN(c2ccc(C(=O)N3CCC(CCCCNC(=O)/C=C/c4cccnc4)CC3)cc2)CC1)C(C)(C)C. The predicted octanol–water partition coefficient (Wildman–Crippen LogP) is 4.98. The maximum absolute atomic E-state index is 13.3. The first-order valence-electron chi connectivity index (χ1n) is 21.9. The molecule has 332 valence electrons. The van der Waals surface area contributed by atoms with E-state index in [1.807, 2.05) is 53.1 Å². The summed E-state index contributed by atoms with van der Waals surface area (Å²) >= 11 is 0. The molecule has 2 aromatic rings. The molecular formula is C46H70N6O8. The van der Waals surface area contributed by atoms with E-state index in [9.17, 15) is 19.2 Å². The second-order valence-electron chi connectivity index (χ2n) is 16.7. The molecule has 0 radical (unpaired) electrons. The van der Waals surface area contributed by atoms with E-state index < -0.39 is 0 Å². The molecule has 2 saturated heterocycles. The van der Waals surface area contributed by atoms with E-state index in [1.54, 1.807) is 24.5 Å². The van der Waals surface area contributed by atoms with Gasteiger partial charge in [0.05, 0.1) is 59.3 Å². The van der Waals surface area contributed by atoms with Crippen LogP contribution in [0.15, 0.2) is 54.9 Å². The van der Waals surface area contributed by atoms with Crippen LogP contribution in [0.5, 0.6) is 0 Å². The van der Waals surface area contributed by atoms with Gasteiger partial charge in [0.2, 0.25) is 17.7 Å². The van der Waals surface area contributed by atoms with Crippen LogP contribution in [-0.4, -0.2) is 143 Å². The van der Waals surface area contributed by atoms with E-state index in [1.165, 1.54) is 0 Å². The summed E-state index contributed by atoms with van der Waals surface area (Å²) in [7, 11) is 0. The van der Waals surface area contributed by atoms with Crippen molar-refractivity contribution < 1.29 is 38.1 Å². The number of carbonyl (C=O) groups excluding carboxylic acids is 4. The second kappa shape index (κ2) is 26.8. The standard InChI is InChI=1S/C46H70N6O8/c1-37(46(2,3)4)49-43(54)18-28-57-30-32-59-34-35-60-33-31-58-29-19-44(55)51-26-24-50(25-27-51)41-13-11-40(12-14-41)45(56)52-22-16-38(17-23-52)8-5-6-21-48-42(53)15-10-39-9-7-20-47-36-39/h7,9-15,20,36-38H,5-6,8,16-19,21-35H2,1-4H3,(H,48,53)(H,49,54)/b15-10+/t37-/m0/s1. The van der Waals surface area contributed by atoms with Gasteiger partial charge in [-0.3, -0.25) is 24.2 Å². The van der Waals surface area contributed by atoms with Gasteiger partial charge in [-0.2, -0.15) is 0 Å². The lowest BCUT2D eigenvalue weighted by molar-refractivity contribution is -0.132. The molecule has 0 unspecified atom stereocenters. The molecule has 0 aliphatic carbocycles. The lowest BCUT2D eigenvalue weighted by atomic mass is 9.88. The van der Waals surface area contributed by atoms with Gasteiger partial charge >= 0.3 is 0 Å². The summed E-state index contributed by atoms with van der Waals surface area (Å²) < 4.78 is 22.2. The number of rotatable bonds is 25. The van der Waals surface area contributed by atoms with E-state index in [0.717, 1.165) is 69.5 Å². The molecular weight excluding hydrogens is 765 g/mol. The maximum atomic E-state index is 13.3. The first kappa shape index (κ1) is 48.3. The van der Waals surface area contributed by atoms with Crippen LogP contribution in [-0.2, 0) is 33.3 Å². The molecule has 1 aromatic heterocycles. The second-order valence-corrected chi connectivity index (χ2v) is 16.7. The van der Waals surface area contributed by atoms with Crippen molar-refractivity contribution in [2.24, 2.45) is 11.3 Å². The Morgan fingerprint density at radius 2 is 1.40 bits per heavy atom. The number of nitrogens with zero attached hydrogens (tertiary/aromatic N) is 4. The van der Waals surface area contributed by atoms with Crippen LogP contribution in [0.3, 0.4) is 0 Å². The number of hydrogen-bond acceptors (Lipinski definition) is 10. The molecule has 2 aliphatic heterocycles. The van der Waals surface area contributed by atoms with Gasteiger partial charge in [0.1, 0.15) is 0 Å². The van der Waals surface area contributed by atoms with Crippen LogP contribution in [0.1, 0.15) is 88.6 Å². The summed E-state index contributed by atoms with van der Waals surface area (Å²) in [5.41, 5.74) is 2.68. The Labute approximate surface area is 357 Å². The van der Waals surface area contributed by atoms with Crippen LogP contribution in [0.2, 0.25) is 0 Å². The van der Waals surface area contributed by atoms with E-state index >= 15 is 0 Å². The van der Waals surface area contributed by atoms with Gasteiger partial charge in [-0.15, -0.1) is 0 Å². The zero-order valence-electron chi connectivity index (χ0n) is 36.5. The van der Waals surface area contributed by atoms with E-state index in [-0.39, 0.29) is 35.1 Å². The first-order valence-corrected chi connectivity index (χ1v) is 21.9. The molecule has 2 N–H and O–H groups in total. The molecule has 4 amide bonds. The van der Waals surface area contributed by atoms with Crippen LogP contribution in [0.4, 0.5) is 5.69 Å². The van der Waals surface area contributed by atoms with Gasteiger partial charge in [0.25, 0.3) is 5.91 Å². The predicted molar refractivity (Wildman–Crippen MR) is 234 cm³/mol. The van der Waals surface area contributed by atoms with Crippen molar-refractivity contribution in [2.75, 3.05) is 104 Å². The van der Waals surface area contributed by atoms with Crippen molar-refractivity contribution >= 4 is 35.4 Å². The number of likely N-dealkylation sites (tertiary alicyclic amines) is 1. The van der Waals surface area contributed by atoms with Crippen molar-refractivity contribution in [1.82, 2.24) is 25.4 Å². The van der Waals surface area contributed by atoms with Crippen LogP contribution in [0.25, 0.3) is 6.08 Å². The highest BCUT2D eigenvalue weighted by Crippen LogP contribution is 2.25. The topological polar surface area (TPSA) is 152 Å². The minimum absolute atomic E-state index is 0.00824. The number of piperidine rings is 1. The lowest BCUT2D eigenvalue weighted by Crippen LogP contribution is -2.49. The van der Waals surface area contributed by atoms with Crippen molar-refractivity contribution in [3.05, 3.63) is 66.0 Å². The van der Waals surface area contributed by atoms with Crippen molar-refractivity contribution in [2.45, 2.75) is 78.7 Å². The van der Waals surface area contributed by atoms with Gasteiger partial charge in [0.15, 0.2) is 0 Å². The minimum Gasteiger partial charge on any atom is -0.379 e. The molecule has 4 rings (SSSR count). The first-order chi connectivity index (χ1) is 29.0. The number of amides is 4. The number of anilines is 1. The normalized spacial score (nSPS) is 15.6. The molecule has 0 saturated carbocycles. The summed E-state index contributed by atoms with van der Waals surface area (Å²) in [6, 6.07) is 11.7. The number of ether oxygens (including phenoxy) is 4. The fourth-order valence-corrected chi connectivity index (χ4v) is 6.89. The summed E-state index contributed by atoms with van der Waals surface area (Å²) in [6.45, 7) is 16.5. The molecule has 14 heteroatoms. The number of piperazine rings is 1. The highest BCUT2D eigenvalue weighted by molar-refractivity contribution is 5.94. The van der Waals surface area contributed by atoms with E-state index in [0.29, 0.717) is 96.8 Å². The Kier molecular flexibility index (Phi) is 21.5. The number of benzene rings is 1. The van der Waals surface area contributed by atoms with Crippen molar-refractivity contribution in [3.63, 3.8) is 0 Å². The summed E-state index contributed by atoms with van der Waals surface area (Å²) in [5.74, 6) is 0.675. The molecule has 0 spiro atoms. The molecule has 0 bridgehead atoms. The quantitative estimate of drug-likeness (QED) is 0.104. The zero-order valence-corrected chi connectivity index (χ0v) is 36.5. The monoisotopic (exact) mass is 835 g/mol. The molecule has 3 heterocycles. The highest BCUT2D eigenvalue weighted by Gasteiger charge is 2.25. The Bertz CT molecular complexity index is 1590. The summed E-state index contributed by atoms with van der Waals surface area (Å²) in [4.78, 5) is 60.3. The third-order valence-corrected chi connectivity index (χ3v) is 11.2. The molecule has 14 nitrogen and oxygen atoms in total. The van der Waals surface area contributed by atoms with Gasteiger partial charge in [-0.1, -0.05) is 39.7 Å². The van der Waals surface area contributed by atoms with Crippen LogP contribution >= 0.6 is 0 Å². The van der Waals surface area contributed by atoms with Gasteiger partial charge in [-0.05, 0) is 79.5 Å². The van der Waals surface area contributed by atoms with E-state index in [4.69, 9.17) is 18.9 Å². The average molecular weight is 835 g/mol. The minimum atomic E-state index is -0.0915. The fourth-order valence-electron chi connectivity index (χ4n) is 6.89. The number of carbonyl (C=O) groups is 4. The Morgan fingerprint density at radius 3 is 2.00 bits per heavy atom. The van der Waals surface area contributed by atoms with Gasteiger partial charge in [0, 0.05) is 88.0 Å². The zero-order chi connectivity index (χ0) is 43.0. The van der Waals surface area contributed by atoms with Crippen molar-refractivity contribution in [1.29, 1.82) is 0 Å². The number of pyridine rings is 1. The smallest absolute Gasteiger partial charge is 0.253 e. The van der Waals surface area contributed by atoms with Gasteiger partial charge < -0.3 is 44.3 Å². The number of unbranched alkanes of at least 4 members (excludes halogenated alkanes) is 1. The fraction of sp³-hybridized carbons (Fsp3) is 0.630. The average Bonchev–Trinajstić information content (AvgIpc) is 3.25. The third-order valence-electron chi connectivity index (χ3n) is 11.2. The number of hydrogen-bond donors (Lipinski definition) is 2. The van der Waals surface area contributed by atoms with Crippen LogP contribution in [0, 0.1) is 11.3 Å². The van der Waals surface area contributed by atoms with Crippen molar-refractivity contribution in [3.8, 4) is 0 Å². The molecule has 1 atom stereocenters. The Balaban J connectivity index is 0.959. The molecule has 2 fully saturated rings. The summed E-state index contributed by atoms with van der Waals surface area (Å²) in [5, 5.41) is 5.95. The van der Waals surface area contributed by atoms with Crippen LogP contribution < -0.4 is 15.5 Å².